The Morgan fingerprint density at radius 2 is 2.23 bits per heavy atom. The summed E-state index contributed by atoms with van der Waals surface area (Å²) < 4.78 is 3.99. The van der Waals surface area contributed by atoms with Crippen molar-refractivity contribution in [2.75, 3.05) is 6.61 Å². The highest BCUT2D eigenvalue weighted by atomic mass is 32.1. The number of ether oxygens (including phenoxy) is 1. The fourth-order valence-electron chi connectivity index (χ4n) is 0.838. The largest absolute Gasteiger partial charge is 0.465 e. The Morgan fingerprint density at radius 3 is 2.62 bits per heavy atom. The van der Waals surface area contributed by atoms with Crippen LogP contribution in [0.15, 0.2) is 24.3 Å². The van der Waals surface area contributed by atoms with Crippen molar-refractivity contribution < 1.29 is 9.53 Å². The molecule has 0 rings (SSSR count). The first-order chi connectivity index (χ1) is 5.94. The molecule has 0 aliphatic heterocycles. The number of hydrogen-bond acceptors (Lipinski definition) is 3. The summed E-state index contributed by atoms with van der Waals surface area (Å²) in [5.74, 6) is -0.334. The Bertz CT molecular complexity index is 229. The van der Waals surface area contributed by atoms with Crippen LogP contribution in [0.3, 0.4) is 0 Å². The van der Waals surface area contributed by atoms with E-state index in [-0.39, 0.29) is 5.97 Å². The molecule has 13 heavy (non-hydrogen) atoms. The van der Waals surface area contributed by atoms with E-state index >= 15 is 0 Å². The number of carbonyl (C=O) groups excluding carboxylic acids is 1. The van der Waals surface area contributed by atoms with E-state index < -0.39 is 4.75 Å². The molecule has 0 unspecified atom stereocenters. The van der Waals surface area contributed by atoms with Crippen molar-refractivity contribution in [3.05, 3.63) is 24.3 Å². The number of allylic oxidation sites excluding steroid dienone is 2. The third kappa shape index (κ3) is 4.18. The Morgan fingerprint density at radius 1 is 1.69 bits per heavy atom. The van der Waals surface area contributed by atoms with Gasteiger partial charge in [0, 0.05) is 0 Å². The van der Waals surface area contributed by atoms with Gasteiger partial charge in [-0.2, -0.15) is 12.6 Å². The van der Waals surface area contributed by atoms with Crippen LogP contribution in [0.25, 0.3) is 0 Å². The zero-order valence-corrected chi connectivity index (χ0v) is 9.23. The van der Waals surface area contributed by atoms with Gasteiger partial charge < -0.3 is 4.74 Å². The fraction of sp³-hybridized carbons (Fsp3) is 0.500. The third-order valence-corrected chi connectivity index (χ3v) is 1.83. The summed E-state index contributed by atoms with van der Waals surface area (Å²) in [5.41, 5.74) is 0.908. The number of hydrogen-bond donors (Lipinski definition) is 1. The first-order valence-corrected chi connectivity index (χ1v) is 4.60. The number of rotatable bonds is 4. The maximum atomic E-state index is 11.3. The van der Waals surface area contributed by atoms with Gasteiger partial charge in [0.2, 0.25) is 0 Å². The minimum atomic E-state index is -0.867. The van der Waals surface area contributed by atoms with Gasteiger partial charge in [-0.25, -0.2) is 0 Å². The third-order valence-electron chi connectivity index (χ3n) is 1.52. The van der Waals surface area contributed by atoms with Gasteiger partial charge in [-0.15, -0.1) is 0 Å². The van der Waals surface area contributed by atoms with Gasteiger partial charge in [0.25, 0.3) is 0 Å². The summed E-state index contributed by atoms with van der Waals surface area (Å²) in [5, 5.41) is 0. The normalized spacial score (nSPS) is 16.2. The van der Waals surface area contributed by atoms with Crippen LogP contribution in [-0.2, 0) is 9.53 Å². The molecule has 0 heterocycles. The van der Waals surface area contributed by atoms with Crippen LogP contribution < -0.4 is 0 Å². The molecule has 3 heteroatoms. The number of esters is 1. The molecule has 0 N–H and O–H groups in total. The quantitative estimate of drug-likeness (QED) is 0.428. The summed E-state index contributed by atoms with van der Waals surface area (Å²) >= 11 is 4.21. The van der Waals surface area contributed by atoms with Gasteiger partial charge >= 0.3 is 5.97 Å². The molecule has 0 saturated heterocycles. The maximum absolute atomic E-state index is 11.3. The Balaban J connectivity index is 4.55. The molecule has 0 fully saturated rings. The van der Waals surface area contributed by atoms with Crippen LogP contribution in [-0.4, -0.2) is 17.3 Å². The van der Waals surface area contributed by atoms with Crippen LogP contribution in [0.1, 0.15) is 20.8 Å². The summed E-state index contributed by atoms with van der Waals surface area (Å²) in [4.78, 5) is 11.3. The van der Waals surface area contributed by atoms with E-state index in [4.69, 9.17) is 4.74 Å². The highest BCUT2D eigenvalue weighted by molar-refractivity contribution is 7.83. The van der Waals surface area contributed by atoms with E-state index in [1.54, 1.807) is 26.0 Å². The molecule has 74 valence electrons. The van der Waals surface area contributed by atoms with E-state index in [1.807, 2.05) is 6.92 Å². The summed E-state index contributed by atoms with van der Waals surface area (Å²) in [6.07, 6.45) is 3.40. The molecule has 0 saturated carbocycles. The molecule has 2 nitrogen and oxygen atoms in total. The summed E-state index contributed by atoms with van der Waals surface area (Å²) in [7, 11) is 0. The SMILES string of the molecule is C=CC(C)=C[C@@](C)(S)C(=O)OCC. The lowest BCUT2D eigenvalue weighted by Gasteiger charge is -2.17. The lowest BCUT2D eigenvalue weighted by Crippen LogP contribution is -2.29. The van der Waals surface area contributed by atoms with Crippen molar-refractivity contribution >= 4 is 18.6 Å². The van der Waals surface area contributed by atoms with E-state index in [9.17, 15) is 4.79 Å². The van der Waals surface area contributed by atoms with Gasteiger partial charge in [0.15, 0.2) is 0 Å². The van der Waals surface area contributed by atoms with Crippen LogP contribution in [0.2, 0.25) is 0 Å². The van der Waals surface area contributed by atoms with Gasteiger partial charge in [0.05, 0.1) is 6.61 Å². The van der Waals surface area contributed by atoms with E-state index in [1.165, 1.54) is 0 Å². The van der Waals surface area contributed by atoms with Gasteiger partial charge in [0.1, 0.15) is 4.75 Å². The van der Waals surface area contributed by atoms with Crippen LogP contribution in [0.4, 0.5) is 0 Å². The monoisotopic (exact) mass is 200 g/mol. The summed E-state index contributed by atoms with van der Waals surface area (Å²) in [6, 6.07) is 0. The van der Waals surface area contributed by atoms with Crippen LogP contribution in [0.5, 0.6) is 0 Å². The molecule has 0 spiro atoms. The van der Waals surface area contributed by atoms with E-state index in [0.717, 1.165) is 5.57 Å². The molecule has 1 atom stereocenters. The van der Waals surface area contributed by atoms with Crippen LogP contribution >= 0.6 is 12.6 Å². The highest BCUT2D eigenvalue weighted by Crippen LogP contribution is 2.19. The predicted octanol–water partition coefficient (Wildman–Crippen LogP) is 2.37. The number of carbonyl (C=O) groups is 1. The number of thiol groups is 1. The van der Waals surface area contributed by atoms with Crippen molar-refractivity contribution in [3.8, 4) is 0 Å². The van der Waals surface area contributed by atoms with Crippen molar-refractivity contribution in [3.63, 3.8) is 0 Å². The Hall–Kier alpha value is -0.700. The molecule has 0 bridgehead atoms. The second kappa shape index (κ2) is 5.12. The molecule has 0 aliphatic rings. The van der Waals surface area contributed by atoms with E-state index in [0.29, 0.717) is 6.61 Å². The standard InChI is InChI=1S/C10H16O2S/c1-5-8(3)7-10(4,13)9(11)12-6-2/h5,7,13H,1,6H2,2-4H3/t10-/m1/s1. The molecule has 0 amide bonds. The molecular weight excluding hydrogens is 184 g/mol. The smallest absolute Gasteiger partial charge is 0.325 e. The van der Waals surface area contributed by atoms with Gasteiger partial charge in [-0.05, 0) is 20.8 Å². The van der Waals surface area contributed by atoms with Crippen molar-refractivity contribution in [1.29, 1.82) is 0 Å². The minimum absolute atomic E-state index is 0.334. The summed E-state index contributed by atoms with van der Waals surface area (Å²) in [6.45, 7) is 9.29. The lowest BCUT2D eigenvalue weighted by molar-refractivity contribution is -0.144. The lowest BCUT2D eigenvalue weighted by atomic mass is 10.1. The molecule has 0 radical (unpaired) electrons. The fourth-order valence-corrected chi connectivity index (χ4v) is 1.11. The molecule has 0 aromatic carbocycles. The van der Waals surface area contributed by atoms with Gasteiger partial charge in [-0.1, -0.05) is 24.3 Å². The van der Waals surface area contributed by atoms with Crippen LogP contribution in [0, 0.1) is 0 Å². The van der Waals surface area contributed by atoms with Crippen molar-refractivity contribution in [2.24, 2.45) is 0 Å². The first kappa shape index (κ1) is 12.3. The average Bonchev–Trinajstić information content (AvgIpc) is 2.04. The first-order valence-electron chi connectivity index (χ1n) is 4.15. The zero-order chi connectivity index (χ0) is 10.5. The average molecular weight is 200 g/mol. The topological polar surface area (TPSA) is 26.3 Å². The van der Waals surface area contributed by atoms with Crippen molar-refractivity contribution in [1.82, 2.24) is 0 Å². The minimum Gasteiger partial charge on any atom is -0.465 e. The Labute approximate surface area is 85.1 Å². The molecule has 0 aromatic rings. The predicted molar refractivity (Wildman–Crippen MR) is 58.0 cm³/mol. The second-order valence-corrected chi connectivity index (χ2v) is 3.89. The molecular formula is C10H16O2S. The second-order valence-electron chi connectivity index (χ2n) is 2.96. The van der Waals surface area contributed by atoms with E-state index in [2.05, 4.69) is 19.2 Å². The zero-order valence-electron chi connectivity index (χ0n) is 8.33. The van der Waals surface area contributed by atoms with Gasteiger partial charge in [-0.3, -0.25) is 4.79 Å². The molecule has 0 aliphatic carbocycles. The maximum Gasteiger partial charge on any atom is 0.325 e. The highest BCUT2D eigenvalue weighted by Gasteiger charge is 2.27. The molecule has 0 aromatic heterocycles. The Kier molecular flexibility index (Phi) is 4.85. The van der Waals surface area contributed by atoms with Crippen molar-refractivity contribution in [2.45, 2.75) is 25.5 Å².